The van der Waals surface area contributed by atoms with Crippen LogP contribution >= 0.6 is 27.5 Å². The van der Waals surface area contributed by atoms with Crippen molar-refractivity contribution in [3.63, 3.8) is 0 Å². The van der Waals surface area contributed by atoms with Crippen LogP contribution in [0.25, 0.3) is 0 Å². The van der Waals surface area contributed by atoms with Gasteiger partial charge in [0.25, 0.3) is 0 Å². The molecule has 0 saturated carbocycles. The Labute approximate surface area is 206 Å². The second-order valence-electron chi connectivity index (χ2n) is 9.84. The van der Waals surface area contributed by atoms with Crippen LogP contribution in [0.4, 0.5) is 4.79 Å². The molecule has 0 spiro atoms. The molecule has 7 nitrogen and oxygen atoms in total. The van der Waals surface area contributed by atoms with Crippen molar-refractivity contribution in [2.75, 3.05) is 19.6 Å². The van der Waals surface area contributed by atoms with Crippen LogP contribution in [0.5, 0.6) is 0 Å². The Hall–Kier alpha value is -2.00. The Morgan fingerprint density at radius 1 is 1.18 bits per heavy atom. The molecule has 1 aliphatic carbocycles. The molecule has 2 heterocycles. The summed E-state index contributed by atoms with van der Waals surface area (Å²) >= 11 is 9.82. The molecule has 176 valence electrons. The van der Waals surface area contributed by atoms with E-state index in [-0.39, 0.29) is 19.1 Å². The molecule has 1 aromatic heterocycles. The predicted octanol–water partition coefficient (Wildman–Crippen LogP) is 4.75. The van der Waals surface area contributed by atoms with Crippen LogP contribution < -0.4 is 0 Å². The van der Waals surface area contributed by atoms with E-state index in [4.69, 9.17) is 16.6 Å². The SMILES string of the molecule is CC(C)(C)[N+]1(C(=O)O)CCN(C2c3ccc(Cl)cc3CCc3cc(Br)cnc32)C[C@@H]1C(=O)O. The molecular formula is C24H28BrClN3O4+. The van der Waals surface area contributed by atoms with Crippen LogP contribution in [-0.2, 0) is 17.6 Å². The third-order valence-electron chi connectivity index (χ3n) is 7.16. The Morgan fingerprint density at radius 2 is 1.88 bits per heavy atom. The molecule has 2 aliphatic rings. The molecule has 33 heavy (non-hydrogen) atoms. The predicted molar refractivity (Wildman–Crippen MR) is 129 cm³/mol. The van der Waals surface area contributed by atoms with Gasteiger partial charge in [-0.2, -0.15) is 4.79 Å². The molecule has 1 amide bonds. The number of hydrogen-bond donors (Lipinski definition) is 2. The van der Waals surface area contributed by atoms with Crippen molar-refractivity contribution in [3.05, 3.63) is 62.3 Å². The normalized spacial score (nSPS) is 25.6. The maximum absolute atomic E-state index is 12.5. The lowest BCUT2D eigenvalue weighted by Gasteiger charge is -2.52. The van der Waals surface area contributed by atoms with Gasteiger partial charge in [-0.05, 0) is 84.4 Å². The number of halogens is 2. The number of pyridine rings is 1. The van der Waals surface area contributed by atoms with Crippen molar-refractivity contribution in [1.82, 2.24) is 9.88 Å². The van der Waals surface area contributed by atoms with Gasteiger partial charge in [0.1, 0.15) is 12.1 Å². The van der Waals surface area contributed by atoms with Crippen molar-refractivity contribution >= 4 is 39.6 Å². The number of rotatable bonds is 2. The molecule has 0 bridgehead atoms. The Kier molecular flexibility index (Phi) is 6.33. The van der Waals surface area contributed by atoms with E-state index in [0.717, 1.165) is 39.7 Å². The van der Waals surface area contributed by atoms with Crippen molar-refractivity contribution in [2.24, 2.45) is 0 Å². The fourth-order valence-corrected chi connectivity index (χ4v) is 6.07. The molecule has 1 fully saturated rings. The molecule has 1 aromatic carbocycles. The summed E-state index contributed by atoms with van der Waals surface area (Å²) in [6.07, 6.45) is 2.24. The zero-order chi connectivity index (χ0) is 24.1. The zero-order valence-corrected chi connectivity index (χ0v) is 21.2. The first kappa shape index (κ1) is 24.1. The largest absolute Gasteiger partial charge is 0.514 e. The quantitative estimate of drug-likeness (QED) is 0.538. The average Bonchev–Trinajstić information content (AvgIpc) is 2.88. The second-order valence-corrected chi connectivity index (χ2v) is 11.2. The van der Waals surface area contributed by atoms with E-state index < -0.39 is 28.1 Å². The smallest absolute Gasteiger partial charge is 0.477 e. The van der Waals surface area contributed by atoms with E-state index in [1.807, 2.05) is 18.2 Å². The molecule has 2 aromatic rings. The number of carboxylic acids is 1. The van der Waals surface area contributed by atoms with Crippen molar-refractivity contribution in [1.29, 1.82) is 0 Å². The maximum atomic E-state index is 12.5. The van der Waals surface area contributed by atoms with Crippen molar-refractivity contribution < 1.29 is 24.3 Å². The average molecular weight is 538 g/mol. The number of carbonyl (C=O) groups is 2. The molecule has 3 atom stereocenters. The highest BCUT2D eigenvalue weighted by atomic mass is 79.9. The highest BCUT2D eigenvalue weighted by Gasteiger charge is 2.59. The van der Waals surface area contributed by atoms with Crippen molar-refractivity contribution in [3.8, 4) is 0 Å². The van der Waals surface area contributed by atoms with Gasteiger partial charge in [-0.1, -0.05) is 17.7 Å². The number of carboxylic acid groups (broad SMARTS) is 2. The van der Waals surface area contributed by atoms with E-state index in [9.17, 15) is 19.8 Å². The van der Waals surface area contributed by atoms with Gasteiger partial charge >= 0.3 is 12.1 Å². The van der Waals surface area contributed by atoms with Crippen LogP contribution in [0, 0.1) is 0 Å². The highest BCUT2D eigenvalue weighted by Crippen LogP contribution is 2.41. The number of aliphatic carboxylic acids is 1. The molecular weight excluding hydrogens is 510 g/mol. The van der Waals surface area contributed by atoms with Gasteiger partial charge in [0, 0.05) is 22.2 Å². The summed E-state index contributed by atoms with van der Waals surface area (Å²) in [5.41, 5.74) is 3.34. The number of amides is 1. The molecule has 1 saturated heterocycles. The standard InChI is InChI=1S/C24H27BrClN3O4/c1-24(2,3)29(23(32)33)9-8-28(13-19(29)22(30)31)21-18-7-6-17(26)11-14(18)4-5-15-10-16(25)12-27-20(15)21/h6-7,10-12,19,21H,4-5,8-9,13H2,1-3H3,(H-,30,31,32,33)/p+1/t19-,21?,29?/m1/s1. The monoisotopic (exact) mass is 536 g/mol. The summed E-state index contributed by atoms with van der Waals surface area (Å²) < 4.78 is 0.375. The fourth-order valence-electron chi connectivity index (χ4n) is 5.50. The van der Waals surface area contributed by atoms with Gasteiger partial charge < -0.3 is 10.2 Å². The molecule has 1 aliphatic heterocycles. The van der Waals surface area contributed by atoms with Crippen LogP contribution in [0.1, 0.15) is 49.2 Å². The van der Waals surface area contributed by atoms with Gasteiger partial charge in [0.2, 0.25) is 6.04 Å². The van der Waals surface area contributed by atoms with Gasteiger partial charge in [0.05, 0.1) is 18.3 Å². The molecule has 0 radical (unpaired) electrons. The number of fused-ring (bicyclic) bond motifs is 2. The molecule has 4 rings (SSSR count). The van der Waals surface area contributed by atoms with E-state index in [2.05, 4.69) is 26.9 Å². The molecule has 2 N–H and O–H groups in total. The lowest BCUT2D eigenvalue weighted by molar-refractivity contribution is -0.923. The third-order valence-corrected chi connectivity index (χ3v) is 7.83. The second kappa shape index (κ2) is 8.65. The number of piperazine rings is 1. The minimum Gasteiger partial charge on any atom is -0.477 e. The van der Waals surface area contributed by atoms with E-state index >= 15 is 0 Å². The third kappa shape index (κ3) is 4.07. The summed E-state index contributed by atoms with van der Waals surface area (Å²) in [7, 11) is 0. The first-order valence-electron chi connectivity index (χ1n) is 11.0. The lowest BCUT2D eigenvalue weighted by Crippen LogP contribution is -2.76. The number of benzene rings is 1. The minimum absolute atomic E-state index is 0.100. The topological polar surface area (TPSA) is 90.7 Å². The summed E-state index contributed by atoms with van der Waals surface area (Å²) in [6.45, 7) is 6.10. The van der Waals surface area contributed by atoms with Gasteiger partial charge in [0.15, 0.2) is 0 Å². The van der Waals surface area contributed by atoms with Crippen LogP contribution in [0.2, 0.25) is 5.02 Å². The fraction of sp³-hybridized carbons (Fsp3) is 0.458. The number of aryl methyl sites for hydroxylation is 2. The summed E-state index contributed by atoms with van der Waals surface area (Å²) in [4.78, 5) is 31.8. The number of aromatic nitrogens is 1. The molecule has 2 unspecified atom stereocenters. The first-order valence-corrected chi connectivity index (χ1v) is 12.1. The Bertz CT molecular complexity index is 1070. The van der Waals surface area contributed by atoms with E-state index in [1.54, 1.807) is 27.0 Å². The Balaban J connectivity index is 1.84. The molecule has 9 heteroatoms. The summed E-state index contributed by atoms with van der Waals surface area (Å²) in [5.74, 6) is -1.11. The van der Waals surface area contributed by atoms with Crippen molar-refractivity contribution in [2.45, 2.75) is 51.2 Å². The van der Waals surface area contributed by atoms with E-state index in [0.29, 0.717) is 11.6 Å². The number of nitrogens with zero attached hydrogens (tertiary/aromatic N) is 3. The minimum atomic E-state index is -1.12. The van der Waals surface area contributed by atoms with E-state index in [1.165, 1.54) is 0 Å². The van der Waals surface area contributed by atoms with Crippen LogP contribution in [0.15, 0.2) is 34.9 Å². The maximum Gasteiger partial charge on any atom is 0.514 e. The zero-order valence-electron chi connectivity index (χ0n) is 18.9. The number of hydrogen-bond acceptors (Lipinski definition) is 4. The van der Waals surface area contributed by atoms with Gasteiger partial charge in [-0.15, -0.1) is 0 Å². The lowest BCUT2D eigenvalue weighted by atomic mass is 9.91. The number of quaternary nitrogens is 1. The summed E-state index contributed by atoms with van der Waals surface area (Å²) in [6, 6.07) is 6.48. The van der Waals surface area contributed by atoms with Gasteiger partial charge in [-0.25, -0.2) is 9.28 Å². The van der Waals surface area contributed by atoms with Gasteiger partial charge in [-0.3, -0.25) is 9.88 Å². The summed E-state index contributed by atoms with van der Waals surface area (Å²) in [5, 5.41) is 21.1. The highest BCUT2D eigenvalue weighted by molar-refractivity contribution is 9.10. The first-order chi connectivity index (χ1) is 15.5. The Morgan fingerprint density at radius 3 is 2.52 bits per heavy atom. The van der Waals surface area contributed by atoms with Crippen LogP contribution in [-0.4, -0.2) is 67.9 Å². The van der Waals surface area contributed by atoms with Crippen LogP contribution in [0.3, 0.4) is 0 Å².